The van der Waals surface area contributed by atoms with Crippen molar-refractivity contribution in [2.45, 2.75) is 25.3 Å². The summed E-state index contributed by atoms with van der Waals surface area (Å²) in [5.41, 5.74) is 3.50. The van der Waals surface area contributed by atoms with E-state index < -0.39 is 0 Å². The molecule has 2 aromatic heterocycles. The van der Waals surface area contributed by atoms with Crippen LogP contribution < -0.4 is 9.80 Å². The maximum Gasteiger partial charge on any atom is 0.139 e. The highest BCUT2D eigenvalue weighted by atomic mass is 32.1. The molecule has 2 aliphatic rings. The number of hydrogen-bond acceptors (Lipinski definition) is 7. The first-order valence-electron chi connectivity index (χ1n) is 10.0. The number of piperazine rings is 1. The van der Waals surface area contributed by atoms with Gasteiger partial charge in [-0.1, -0.05) is 0 Å². The van der Waals surface area contributed by atoms with Crippen molar-refractivity contribution in [3.05, 3.63) is 40.6 Å². The molecule has 2 fully saturated rings. The van der Waals surface area contributed by atoms with E-state index in [9.17, 15) is 0 Å². The average Bonchev–Trinajstić information content (AvgIpc) is 3.47. The molecule has 0 amide bonds. The van der Waals surface area contributed by atoms with Crippen molar-refractivity contribution in [2.24, 2.45) is 0 Å². The number of nitrogens with zero attached hydrogens (tertiary/aromatic N) is 6. The van der Waals surface area contributed by atoms with E-state index in [0.29, 0.717) is 0 Å². The van der Waals surface area contributed by atoms with Crippen molar-refractivity contribution >= 4 is 33.7 Å². The maximum atomic E-state index is 4.85. The van der Waals surface area contributed by atoms with Crippen LogP contribution in [0.5, 0.6) is 0 Å². The van der Waals surface area contributed by atoms with Crippen molar-refractivity contribution in [3.63, 3.8) is 0 Å². The third-order valence-electron chi connectivity index (χ3n) is 5.64. The molecule has 0 bridgehead atoms. The zero-order chi connectivity index (χ0) is 19.1. The van der Waals surface area contributed by atoms with E-state index in [4.69, 9.17) is 4.98 Å². The van der Waals surface area contributed by atoms with E-state index in [1.54, 1.807) is 6.33 Å². The van der Waals surface area contributed by atoms with Crippen LogP contribution in [0.15, 0.2) is 29.9 Å². The molecule has 0 spiro atoms. The van der Waals surface area contributed by atoms with Gasteiger partial charge in [-0.2, -0.15) is 0 Å². The van der Waals surface area contributed by atoms with Crippen molar-refractivity contribution in [2.75, 3.05) is 50.1 Å². The standard InChI is InChI=1S/C21H26N6S/c1-25(2)20-18-11-17(5-6-19(18)22-14-23-20)27-9-7-26(8-10-27)12-16-13-28-21(24-16)15-3-4-15/h5-6,11,13-15H,3-4,7-10,12H2,1-2H3. The second-order valence-electron chi connectivity index (χ2n) is 8.01. The molecule has 0 radical (unpaired) electrons. The summed E-state index contributed by atoms with van der Waals surface area (Å²) in [6.45, 7) is 5.19. The molecule has 146 valence electrons. The Hall–Kier alpha value is -2.25. The predicted octanol–water partition coefficient (Wildman–Crippen LogP) is 3.35. The van der Waals surface area contributed by atoms with Gasteiger partial charge in [-0.25, -0.2) is 15.0 Å². The summed E-state index contributed by atoms with van der Waals surface area (Å²) >= 11 is 1.85. The van der Waals surface area contributed by atoms with Gasteiger partial charge in [0.05, 0.1) is 16.2 Å². The lowest BCUT2D eigenvalue weighted by Gasteiger charge is -2.36. The molecule has 0 N–H and O–H groups in total. The van der Waals surface area contributed by atoms with Gasteiger partial charge in [-0.05, 0) is 31.0 Å². The molecular weight excluding hydrogens is 368 g/mol. The van der Waals surface area contributed by atoms with E-state index in [1.165, 1.54) is 29.2 Å². The Morgan fingerprint density at radius 3 is 2.68 bits per heavy atom. The minimum Gasteiger partial charge on any atom is -0.369 e. The van der Waals surface area contributed by atoms with E-state index in [1.807, 2.05) is 25.4 Å². The molecule has 1 saturated carbocycles. The fourth-order valence-corrected chi connectivity index (χ4v) is 4.87. The molecule has 1 saturated heterocycles. The van der Waals surface area contributed by atoms with E-state index >= 15 is 0 Å². The number of thiazole rings is 1. The smallest absolute Gasteiger partial charge is 0.139 e. The van der Waals surface area contributed by atoms with Crippen LogP contribution in [0.2, 0.25) is 0 Å². The van der Waals surface area contributed by atoms with Gasteiger partial charge in [0.25, 0.3) is 0 Å². The topological polar surface area (TPSA) is 48.4 Å². The lowest BCUT2D eigenvalue weighted by molar-refractivity contribution is 0.247. The number of hydrogen-bond donors (Lipinski definition) is 0. The molecular formula is C21H26N6S. The summed E-state index contributed by atoms with van der Waals surface area (Å²) in [4.78, 5) is 20.8. The highest BCUT2D eigenvalue weighted by Crippen LogP contribution is 2.41. The lowest BCUT2D eigenvalue weighted by Crippen LogP contribution is -2.46. The molecule has 1 aliphatic heterocycles. The van der Waals surface area contributed by atoms with Gasteiger partial charge in [-0.15, -0.1) is 11.3 Å². The zero-order valence-electron chi connectivity index (χ0n) is 16.5. The zero-order valence-corrected chi connectivity index (χ0v) is 17.3. The fraction of sp³-hybridized carbons (Fsp3) is 0.476. The molecule has 6 nitrogen and oxygen atoms in total. The van der Waals surface area contributed by atoms with Crippen molar-refractivity contribution in [1.82, 2.24) is 19.9 Å². The fourth-order valence-electron chi connectivity index (χ4n) is 3.89. The Kier molecular flexibility index (Phi) is 4.64. The van der Waals surface area contributed by atoms with Crippen LogP contribution in [0.4, 0.5) is 11.5 Å². The van der Waals surface area contributed by atoms with Gasteiger partial charge in [0, 0.05) is 69.2 Å². The Morgan fingerprint density at radius 1 is 1.11 bits per heavy atom. The van der Waals surface area contributed by atoms with Gasteiger partial charge in [0.1, 0.15) is 12.1 Å². The summed E-state index contributed by atoms with van der Waals surface area (Å²) in [7, 11) is 4.06. The third kappa shape index (κ3) is 3.56. The Labute approximate surface area is 169 Å². The van der Waals surface area contributed by atoms with Crippen LogP contribution in [0.3, 0.4) is 0 Å². The summed E-state index contributed by atoms with van der Waals surface area (Å²) in [6.07, 6.45) is 4.30. The van der Waals surface area contributed by atoms with Gasteiger partial charge in [0.15, 0.2) is 0 Å². The molecule has 3 heterocycles. The van der Waals surface area contributed by atoms with E-state index in [-0.39, 0.29) is 0 Å². The van der Waals surface area contributed by atoms with Crippen molar-refractivity contribution < 1.29 is 0 Å². The van der Waals surface area contributed by atoms with Crippen molar-refractivity contribution in [1.29, 1.82) is 0 Å². The molecule has 0 atom stereocenters. The van der Waals surface area contributed by atoms with Gasteiger partial charge >= 0.3 is 0 Å². The molecule has 28 heavy (non-hydrogen) atoms. The molecule has 5 rings (SSSR count). The summed E-state index contributed by atoms with van der Waals surface area (Å²) in [5.74, 6) is 1.74. The second kappa shape index (κ2) is 7.29. The molecule has 3 aromatic rings. The summed E-state index contributed by atoms with van der Waals surface area (Å²) in [5, 5.41) is 4.72. The van der Waals surface area contributed by atoms with Gasteiger partial charge in [0.2, 0.25) is 0 Å². The first-order chi connectivity index (χ1) is 13.7. The quantitative estimate of drug-likeness (QED) is 0.661. The Bertz CT molecular complexity index is 972. The molecule has 7 heteroatoms. The largest absolute Gasteiger partial charge is 0.369 e. The molecule has 0 unspecified atom stereocenters. The maximum absolute atomic E-state index is 4.85. The summed E-state index contributed by atoms with van der Waals surface area (Å²) < 4.78 is 0. The Balaban J connectivity index is 1.26. The highest BCUT2D eigenvalue weighted by Gasteiger charge is 2.27. The van der Waals surface area contributed by atoms with E-state index in [2.05, 4.69) is 48.2 Å². The minimum atomic E-state index is 0.763. The monoisotopic (exact) mass is 394 g/mol. The number of rotatable bonds is 5. The number of anilines is 2. The van der Waals surface area contributed by atoms with E-state index in [0.717, 1.165) is 55.4 Å². The first-order valence-corrected chi connectivity index (χ1v) is 10.9. The van der Waals surface area contributed by atoms with Crippen molar-refractivity contribution in [3.8, 4) is 0 Å². The number of aromatic nitrogens is 3. The predicted molar refractivity (Wildman–Crippen MR) is 115 cm³/mol. The minimum absolute atomic E-state index is 0.763. The number of fused-ring (bicyclic) bond motifs is 1. The lowest BCUT2D eigenvalue weighted by atomic mass is 10.1. The van der Waals surface area contributed by atoms with Crippen LogP contribution in [-0.2, 0) is 6.54 Å². The molecule has 1 aliphatic carbocycles. The average molecular weight is 395 g/mol. The van der Waals surface area contributed by atoms with Crippen LogP contribution >= 0.6 is 11.3 Å². The normalized spacial score (nSPS) is 18.0. The van der Waals surface area contributed by atoms with Crippen LogP contribution in [-0.4, -0.2) is 60.1 Å². The van der Waals surface area contributed by atoms with Crippen LogP contribution in [0, 0.1) is 0 Å². The molecule has 1 aromatic carbocycles. The van der Waals surface area contributed by atoms with Gasteiger partial charge in [-0.3, -0.25) is 4.90 Å². The van der Waals surface area contributed by atoms with Gasteiger partial charge < -0.3 is 9.80 Å². The number of benzene rings is 1. The highest BCUT2D eigenvalue weighted by molar-refractivity contribution is 7.09. The second-order valence-corrected chi connectivity index (χ2v) is 8.90. The van der Waals surface area contributed by atoms with Crippen LogP contribution in [0.1, 0.15) is 29.5 Å². The summed E-state index contributed by atoms with van der Waals surface area (Å²) in [6, 6.07) is 6.54. The first kappa shape index (κ1) is 17.8. The Morgan fingerprint density at radius 2 is 1.93 bits per heavy atom. The SMILES string of the molecule is CN(C)c1ncnc2ccc(N3CCN(Cc4csc(C5CC5)n4)CC3)cc12. The van der Waals surface area contributed by atoms with Crippen LogP contribution in [0.25, 0.3) is 10.9 Å². The third-order valence-corrected chi connectivity index (χ3v) is 6.70.